The zero-order valence-corrected chi connectivity index (χ0v) is 13.7. The van der Waals surface area contributed by atoms with Crippen LogP contribution in [0.2, 0.25) is 0 Å². The molecule has 0 aromatic carbocycles. The van der Waals surface area contributed by atoms with Gasteiger partial charge in [0.25, 0.3) is 0 Å². The van der Waals surface area contributed by atoms with E-state index in [4.69, 9.17) is 0 Å². The lowest BCUT2D eigenvalue weighted by atomic mass is 9.78. The minimum absolute atomic E-state index is 0.0675. The lowest BCUT2D eigenvalue weighted by Crippen LogP contribution is -2.59. The number of halogens is 4. The average Bonchev–Trinajstić information content (AvgIpc) is 2.85. The van der Waals surface area contributed by atoms with Gasteiger partial charge in [0.15, 0.2) is 5.16 Å². The van der Waals surface area contributed by atoms with E-state index >= 15 is 0 Å². The Hall–Kier alpha value is -0.830. The van der Waals surface area contributed by atoms with Crippen molar-refractivity contribution in [3.63, 3.8) is 0 Å². The van der Waals surface area contributed by atoms with Gasteiger partial charge in [0.05, 0.1) is 0 Å². The Balaban J connectivity index is 1.55. The van der Waals surface area contributed by atoms with Gasteiger partial charge in [0.2, 0.25) is 0 Å². The minimum Gasteiger partial charge on any atom is -0.317 e. The second-order valence-corrected chi connectivity index (χ2v) is 7.38. The zero-order valence-electron chi connectivity index (χ0n) is 12.9. The van der Waals surface area contributed by atoms with Crippen molar-refractivity contribution in [2.75, 3.05) is 18.8 Å². The van der Waals surface area contributed by atoms with Crippen LogP contribution in [0.25, 0.3) is 0 Å². The van der Waals surface area contributed by atoms with E-state index in [2.05, 4.69) is 15.5 Å². The summed E-state index contributed by atoms with van der Waals surface area (Å²) in [6.45, 7) is 1.99. The van der Waals surface area contributed by atoms with Crippen molar-refractivity contribution in [2.24, 2.45) is 18.9 Å². The van der Waals surface area contributed by atoms with E-state index in [1.54, 1.807) is 11.6 Å². The third-order valence-corrected chi connectivity index (χ3v) is 5.95. The van der Waals surface area contributed by atoms with Crippen LogP contribution < -0.4 is 5.32 Å². The van der Waals surface area contributed by atoms with Crippen LogP contribution in [0.3, 0.4) is 0 Å². The lowest BCUT2D eigenvalue weighted by molar-refractivity contribution is -0.307. The molecule has 1 aromatic heterocycles. The molecule has 2 heterocycles. The first-order chi connectivity index (χ1) is 10.8. The molecular formula is C14H20F4N4S. The van der Waals surface area contributed by atoms with Crippen LogP contribution in [-0.2, 0) is 13.5 Å². The third kappa shape index (κ3) is 3.22. The van der Waals surface area contributed by atoms with Crippen LogP contribution in [0, 0.1) is 11.8 Å². The van der Waals surface area contributed by atoms with Gasteiger partial charge in [-0.2, -0.15) is 17.6 Å². The van der Waals surface area contributed by atoms with Crippen molar-refractivity contribution in [2.45, 2.75) is 42.7 Å². The molecule has 23 heavy (non-hydrogen) atoms. The van der Waals surface area contributed by atoms with Crippen molar-refractivity contribution < 1.29 is 17.6 Å². The fourth-order valence-electron chi connectivity index (χ4n) is 3.07. The van der Waals surface area contributed by atoms with Crippen LogP contribution in [0.5, 0.6) is 0 Å². The number of hydrogen-bond acceptors (Lipinski definition) is 4. The molecule has 4 nitrogen and oxygen atoms in total. The Labute approximate surface area is 136 Å². The highest BCUT2D eigenvalue weighted by Gasteiger charge is 2.71. The Kier molecular flexibility index (Phi) is 4.61. The van der Waals surface area contributed by atoms with E-state index in [1.165, 1.54) is 0 Å². The number of alkyl halides is 4. The molecule has 1 saturated heterocycles. The highest BCUT2D eigenvalue weighted by atomic mass is 32.2. The summed E-state index contributed by atoms with van der Waals surface area (Å²) in [7, 11) is 1.80. The Morgan fingerprint density at radius 1 is 1.22 bits per heavy atom. The molecule has 0 unspecified atom stereocenters. The van der Waals surface area contributed by atoms with E-state index in [9.17, 15) is 17.6 Å². The number of thioether (sulfide) groups is 1. The van der Waals surface area contributed by atoms with Gasteiger partial charge in [-0.05, 0) is 31.8 Å². The molecule has 0 spiro atoms. The Morgan fingerprint density at radius 3 is 2.52 bits per heavy atom. The van der Waals surface area contributed by atoms with Gasteiger partial charge in [-0.3, -0.25) is 0 Å². The molecule has 9 heteroatoms. The molecule has 1 atom stereocenters. The molecule has 3 rings (SSSR count). The van der Waals surface area contributed by atoms with E-state index in [1.807, 2.05) is 0 Å². The fraction of sp³-hybridized carbons (Fsp3) is 0.857. The first-order valence-electron chi connectivity index (χ1n) is 7.78. The monoisotopic (exact) mass is 352 g/mol. The predicted octanol–water partition coefficient (Wildman–Crippen LogP) is 2.74. The summed E-state index contributed by atoms with van der Waals surface area (Å²) >= 11 is 1.08. The Morgan fingerprint density at radius 2 is 1.91 bits per heavy atom. The van der Waals surface area contributed by atoms with Crippen LogP contribution in [0.1, 0.15) is 25.1 Å². The molecule has 1 aliphatic heterocycles. The summed E-state index contributed by atoms with van der Waals surface area (Å²) in [6, 6.07) is 0. The number of nitrogens with zero attached hydrogens (tertiary/aromatic N) is 3. The third-order valence-electron chi connectivity index (χ3n) is 4.77. The van der Waals surface area contributed by atoms with Gasteiger partial charge in [-0.15, -0.1) is 10.2 Å². The van der Waals surface area contributed by atoms with E-state index in [0.29, 0.717) is 11.1 Å². The van der Waals surface area contributed by atoms with Crippen molar-refractivity contribution in [1.82, 2.24) is 20.1 Å². The van der Waals surface area contributed by atoms with Gasteiger partial charge in [0.1, 0.15) is 5.82 Å². The fourth-order valence-corrected chi connectivity index (χ4v) is 4.15. The molecule has 1 aromatic rings. The molecule has 1 saturated carbocycles. The van der Waals surface area contributed by atoms with Gasteiger partial charge < -0.3 is 9.88 Å². The average molecular weight is 352 g/mol. The molecule has 1 aliphatic carbocycles. The van der Waals surface area contributed by atoms with Crippen LogP contribution in [-0.4, -0.2) is 45.5 Å². The van der Waals surface area contributed by atoms with Gasteiger partial charge >= 0.3 is 11.8 Å². The van der Waals surface area contributed by atoms with Crippen molar-refractivity contribution in [3.05, 3.63) is 5.82 Å². The zero-order chi connectivity index (χ0) is 16.7. The first kappa shape index (κ1) is 17.0. The van der Waals surface area contributed by atoms with Crippen LogP contribution in [0.4, 0.5) is 17.6 Å². The molecule has 2 aliphatic rings. The summed E-state index contributed by atoms with van der Waals surface area (Å²) in [4.78, 5) is 0. The number of aromatic nitrogens is 3. The van der Waals surface area contributed by atoms with Crippen LogP contribution >= 0.6 is 11.8 Å². The van der Waals surface area contributed by atoms with Crippen molar-refractivity contribution >= 4 is 11.8 Å². The number of nitrogens with one attached hydrogen (secondary N) is 1. The number of hydrogen-bond donors (Lipinski definition) is 1. The molecule has 0 amide bonds. The van der Waals surface area contributed by atoms with E-state index < -0.39 is 24.2 Å². The lowest BCUT2D eigenvalue weighted by Gasteiger charge is -2.43. The van der Waals surface area contributed by atoms with Gasteiger partial charge in [-0.25, -0.2) is 0 Å². The highest BCUT2D eigenvalue weighted by molar-refractivity contribution is 7.99. The SMILES string of the molecule is Cn1c(CC2CCNCC2)nnc1SC[C@@H]1CC(F)(F)C1(F)F. The topological polar surface area (TPSA) is 42.7 Å². The molecule has 2 fully saturated rings. The normalized spacial score (nSPS) is 26.9. The second-order valence-electron chi connectivity index (χ2n) is 6.39. The molecular weight excluding hydrogens is 332 g/mol. The molecule has 0 radical (unpaired) electrons. The highest BCUT2D eigenvalue weighted by Crippen LogP contribution is 2.56. The number of piperidine rings is 1. The summed E-state index contributed by atoms with van der Waals surface area (Å²) in [5.41, 5.74) is 0. The summed E-state index contributed by atoms with van der Waals surface area (Å²) in [5.74, 6) is -7.76. The maximum absolute atomic E-state index is 13.3. The van der Waals surface area contributed by atoms with Gasteiger partial charge in [-0.1, -0.05) is 11.8 Å². The van der Waals surface area contributed by atoms with Crippen molar-refractivity contribution in [1.29, 1.82) is 0 Å². The Bertz CT molecular complexity index is 557. The largest absolute Gasteiger partial charge is 0.317 e. The van der Waals surface area contributed by atoms with E-state index in [-0.39, 0.29) is 5.75 Å². The van der Waals surface area contributed by atoms with Crippen LogP contribution in [0.15, 0.2) is 5.16 Å². The standard InChI is InChI=1S/C14H20F4N4S/c1-22-11(6-9-2-4-19-5-3-9)20-21-12(22)23-8-10-7-13(15,16)14(10,17)18/h9-10,19H,2-8H2,1H3/t10-/m0/s1. The maximum Gasteiger partial charge on any atom is 0.314 e. The second kappa shape index (κ2) is 6.23. The summed E-state index contributed by atoms with van der Waals surface area (Å²) in [6.07, 6.45) is 2.22. The quantitative estimate of drug-likeness (QED) is 0.654. The van der Waals surface area contributed by atoms with Gasteiger partial charge in [0, 0.05) is 31.6 Å². The first-order valence-corrected chi connectivity index (χ1v) is 8.77. The predicted molar refractivity (Wildman–Crippen MR) is 79.0 cm³/mol. The summed E-state index contributed by atoms with van der Waals surface area (Å²) < 4.78 is 54.0. The smallest absolute Gasteiger partial charge is 0.314 e. The molecule has 1 N–H and O–H groups in total. The summed E-state index contributed by atoms with van der Waals surface area (Å²) in [5, 5.41) is 12.0. The van der Waals surface area contributed by atoms with Crippen molar-refractivity contribution in [3.8, 4) is 0 Å². The number of rotatable bonds is 5. The maximum atomic E-state index is 13.3. The molecule has 130 valence electrons. The molecule has 0 bridgehead atoms. The van der Waals surface area contributed by atoms with E-state index in [0.717, 1.165) is 49.9 Å². The minimum atomic E-state index is -3.91.